The molecule has 0 aliphatic heterocycles. The first kappa shape index (κ1) is 26.3. The Bertz CT molecular complexity index is 1070. The zero-order valence-corrected chi connectivity index (χ0v) is 20.6. The summed E-state index contributed by atoms with van der Waals surface area (Å²) in [6.07, 6.45) is 0.155. The van der Waals surface area contributed by atoms with Crippen molar-refractivity contribution in [3.63, 3.8) is 0 Å². The van der Waals surface area contributed by atoms with Crippen LogP contribution < -0.4 is 0 Å². The molecule has 182 valence electrons. The SMILES string of the molecule is CC(C(CCC(=O)OCc1ccccc1)C(=O)OCc1ccccc1)[P+](=O)OCc1ccccc1. The average molecular weight is 494 g/mol. The summed E-state index contributed by atoms with van der Waals surface area (Å²) in [7, 11) is -2.18. The lowest BCUT2D eigenvalue weighted by molar-refractivity contribution is -0.151. The smallest absolute Gasteiger partial charge is 0.461 e. The Morgan fingerprint density at radius 3 is 1.69 bits per heavy atom. The van der Waals surface area contributed by atoms with Gasteiger partial charge in [0.05, 0.1) is 0 Å². The van der Waals surface area contributed by atoms with Gasteiger partial charge in [0, 0.05) is 6.42 Å². The monoisotopic (exact) mass is 493 g/mol. The number of ether oxygens (including phenoxy) is 2. The number of benzene rings is 3. The molecule has 0 heterocycles. The second-order valence-electron chi connectivity index (χ2n) is 8.17. The highest BCUT2D eigenvalue weighted by atomic mass is 31.1. The Hall–Kier alpha value is -3.34. The van der Waals surface area contributed by atoms with E-state index in [-0.39, 0.29) is 32.7 Å². The summed E-state index contributed by atoms with van der Waals surface area (Å²) in [4.78, 5) is 25.3. The van der Waals surface area contributed by atoms with Gasteiger partial charge in [0.25, 0.3) is 0 Å². The van der Waals surface area contributed by atoms with Crippen LogP contribution >= 0.6 is 8.03 Å². The van der Waals surface area contributed by atoms with Crippen LogP contribution in [-0.2, 0) is 48.0 Å². The van der Waals surface area contributed by atoms with E-state index in [1.165, 1.54) is 0 Å². The average Bonchev–Trinajstić information content (AvgIpc) is 2.91. The van der Waals surface area contributed by atoms with Crippen molar-refractivity contribution in [3.8, 4) is 0 Å². The van der Waals surface area contributed by atoms with E-state index in [1.54, 1.807) is 6.92 Å². The lowest BCUT2D eigenvalue weighted by atomic mass is 10.00. The number of hydrogen-bond donors (Lipinski definition) is 0. The summed E-state index contributed by atoms with van der Waals surface area (Å²) >= 11 is 0. The van der Waals surface area contributed by atoms with Gasteiger partial charge >= 0.3 is 20.0 Å². The van der Waals surface area contributed by atoms with E-state index < -0.39 is 31.5 Å². The van der Waals surface area contributed by atoms with Gasteiger partial charge in [-0.05, 0) is 34.6 Å². The third-order valence-electron chi connectivity index (χ3n) is 5.54. The van der Waals surface area contributed by atoms with E-state index in [9.17, 15) is 14.2 Å². The molecule has 0 saturated carbocycles. The Morgan fingerprint density at radius 1 is 0.714 bits per heavy atom. The molecule has 0 saturated heterocycles. The standard InChI is InChI=1S/C28H30O6P/c1-22(35(31)34-21-25-15-9-4-10-16-25)26(28(30)33-20-24-13-7-3-8-14-24)17-18-27(29)32-19-23-11-5-2-6-12-23/h2-16,22,26H,17-21H2,1H3/q+1. The van der Waals surface area contributed by atoms with Crippen molar-refractivity contribution in [1.82, 2.24) is 0 Å². The van der Waals surface area contributed by atoms with Crippen molar-refractivity contribution < 1.29 is 28.2 Å². The van der Waals surface area contributed by atoms with Crippen LogP contribution in [0.25, 0.3) is 0 Å². The third-order valence-corrected chi connectivity index (χ3v) is 6.95. The van der Waals surface area contributed by atoms with Gasteiger partial charge < -0.3 is 9.47 Å². The molecule has 6 nitrogen and oxygen atoms in total. The zero-order chi connectivity index (χ0) is 24.9. The van der Waals surface area contributed by atoms with Crippen LogP contribution in [0.2, 0.25) is 0 Å². The molecule has 0 aliphatic carbocycles. The molecule has 35 heavy (non-hydrogen) atoms. The zero-order valence-electron chi connectivity index (χ0n) is 19.7. The molecule has 3 aromatic carbocycles. The summed E-state index contributed by atoms with van der Waals surface area (Å²) in [5.41, 5.74) is 1.97. The van der Waals surface area contributed by atoms with Gasteiger partial charge in [0.2, 0.25) is 0 Å². The number of esters is 2. The number of hydrogen-bond acceptors (Lipinski definition) is 6. The van der Waals surface area contributed by atoms with E-state index in [1.807, 2.05) is 91.0 Å². The molecule has 0 amide bonds. The molecule has 0 fully saturated rings. The number of carbonyl (C=O) groups is 2. The summed E-state index contributed by atoms with van der Waals surface area (Å²) in [5, 5.41) is 0. The highest BCUT2D eigenvalue weighted by molar-refractivity contribution is 7.40. The predicted octanol–water partition coefficient (Wildman–Crippen LogP) is 6.22. The van der Waals surface area contributed by atoms with Crippen LogP contribution in [0.1, 0.15) is 36.5 Å². The van der Waals surface area contributed by atoms with E-state index in [4.69, 9.17) is 14.0 Å². The van der Waals surface area contributed by atoms with Gasteiger partial charge in [0.15, 0.2) is 5.66 Å². The van der Waals surface area contributed by atoms with Gasteiger partial charge in [-0.25, -0.2) is 0 Å². The van der Waals surface area contributed by atoms with Crippen LogP contribution in [0.4, 0.5) is 0 Å². The van der Waals surface area contributed by atoms with Gasteiger partial charge in [-0.3, -0.25) is 9.59 Å². The maximum absolute atomic E-state index is 13.0. The number of carbonyl (C=O) groups excluding carboxylic acids is 2. The first-order chi connectivity index (χ1) is 17.0. The maximum atomic E-state index is 13.0. The second kappa shape index (κ2) is 14.1. The highest BCUT2D eigenvalue weighted by Gasteiger charge is 2.41. The largest absolute Gasteiger partial charge is 0.512 e. The van der Waals surface area contributed by atoms with Gasteiger partial charge in [-0.1, -0.05) is 91.0 Å². The molecular formula is C28H30O6P+. The Labute approximate surface area is 207 Å². The van der Waals surface area contributed by atoms with Gasteiger partial charge in [-0.15, -0.1) is 4.52 Å². The van der Waals surface area contributed by atoms with Crippen molar-refractivity contribution >= 4 is 20.0 Å². The fourth-order valence-electron chi connectivity index (χ4n) is 3.45. The predicted molar refractivity (Wildman–Crippen MR) is 133 cm³/mol. The van der Waals surface area contributed by atoms with Crippen molar-refractivity contribution in [2.75, 3.05) is 0 Å². The molecule has 0 aromatic heterocycles. The summed E-state index contributed by atoms with van der Waals surface area (Å²) in [6.45, 7) is 2.12. The van der Waals surface area contributed by atoms with E-state index >= 15 is 0 Å². The highest BCUT2D eigenvalue weighted by Crippen LogP contribution is 2.38. The van der Waals surface area contributed by atoms with Crippen molar-refractivity contribution in [3.05, 3.63) is 108 Å². The molecular weight excluding hydrogens is 463 g/mol. The molecule has 3 atom stereocenters. The fraction of sp³-hybridized carbons (Fsp3) is 0.286. The molecule has 0 radical (unpaired) electrons. The van der Waals surface area contributed by atoms with E-state index in [0.29, 0.717) is 0 Å². The Kier molecular flexibility index (Phi) is 10.6. The fourth-order valence-corrected chi connectivity index (χ4v) is 4.53. The van der Waals surface area contributed by atoms with E-state index in [2.05, 4.69) is 0 Å². The van der Waals surface area contributed by atoms with Crippen molar-refractivity contribution in [2.24, 2.45) is 5.92 Å². The van der Waals surface area contributed by atoms with Crippen LogP contribution in [-0.4, -0.2) is 17.6 Å². The van der Waals surface area contributed by atoms with Crippen LogP contribution in [0.5, 0.6) is 0 Å². The van der Waals surface area contributed by atoms with Crippen molar-refractivity contribution in [1.29, 1.82) is 0 Å². The van der Waals surface area contributed by atoms with Crippen LogP contribution in [0, 0.1) is 5.92 Å². The molecule has 0 N–H and O–H groups in total. The minimum absolute atomic E-state index is 0.00410. The lowest BCUT2D eigenvalue weighted by Crippen LogP contribution is -2.27. The Morgan fingerprint density at radius 2 is 1.17 bits per heavy atom. The molecule has 3 aromatic rings. The Balaban J connectivity index is 1.58. The molecule has 3 unspecified atom stereocenters. The van der Waals surface area contributed by atoms with Gasteiger partial charge in [-0.2, -0.15) is 0 Å². The summed E-state index contributed by atoms with van der Waals surface area (Å²) in [5.74, 6) is -1.71. The normalized spacial score (nSPS) is 12.9. The molecule has 3 rings (SSSR count). The lowest BCUT2D eigenvalue weighted by Gasteiger charge is -2.16. The van der Waals surface area contributed by atoms with Crippen molar-refractivity contribution in [2.45, 2.75) is 45.2 Å². The van der Waals surface area contributed by atoms with E-state index in [0.717, 1.165) is 16.7 Å². The second-order valence-corrected chi connectivity index (χ2v) is 9.81. The molecule has 0 spiro atoms. The number of rotatable bonds is 13. The van der Waals surface area contributed by atoms with Crippen LogP contribution in [0.15, 0.2) is 91.0 Å². The summed E-state index contributed by atoms with van der Waals surface area (Å²) < 4.78 is 29.3. The molecule has 0 aliphatic rings. The molecule has 7 heteroatoms. The minimum Gasteiger partial charge on any atom is -0.461 e. The molecule has 0 bridgehead atoms. The quantitative estimate of drug-likeness (QED) is 0.208. The van der Waals surface area contributed by atoms with Gasteiger partial charge in [0.1, 0.15) is 25.7 Å². The first-order valence-electron chi connectivity index (χ1n) is 11.6. The summed E-state index contributed by atoms with van der Waals surface area (Å²) in [6, 6.07) is 28.1. The maximum Gasteiger partial charge on any atom is 0.512 e. The topological polar surface area (TPSA) is 78.9 Å². The third kappa shape index (κ3) is 9.08. The minimum atomic E-state index is -2.18. The van der Waals surface area contributed by atoms with Crippen LogP contribution in [0.3, 0.4) is 0 Å². The first-order valence-corrected chi connectivity index (χ1v) is 12.8.